The second kappa shape index (κ2) is 7.21. The van der Waals surface area contributed by atoms with Gasteiger partial charge in [-0.3, -0.25) is 4.79 Å². The number of rotatable bonds is 7. The van der Waals surface area contributed by atoms with Gasteiger partial charge in [0, 0.05) is 12.8 Å². The Balaban J connectivity index is 2.24. The number of benzene rings is 1. The zero-order chi connectivity index (χ0) is 17.9. The first kappa shape index (κ1) is 18.3. The molecule has 0 saturated heterocycles. The topological polar surface area (TPSA) is 73.9 Å². The van der Waals surface area contributed by atoms with Crippen molar-refractivity contribution in [2.75, 3.05) is 19.5 Å². The van der Waals surface area contributed by atoms with Crippen molar-refractivity contribution in [3.8, 4) is 5.75 Å². The lowest BCUT2D eigenvalue weighted by Gasteiger charge is -2.27. The van der Waals surface area contributed by atoms with Crippen molar-refractivity contribution in [2.24, 2.45) is 5.92 Å². The highest BCUT2D eigenvalue weighted by Crippen LogP contribution is 2.42. The van der Waals surface area contributed by atoms with E-state index in [1.807, 2.05) is 13.8 Å². The number of carbonyl (C=O) groups is 2. The van der Waals surface area contributed by atoms with E-state index in [4.69, 9.17) is 14.2 Å². The molecule has 1 amide bonds. The van der Waals surface area contributed by atoms with Crippen LogP contribution in [0.3, 0.4) is 0 Å². The molecule has 132 valence electrons. The molecule has 0 unspecified atom stereocenters. The number of anilines is 1. The van der Waals surface area contributed by atoms with Crippen LogP contribution < -0.4 is 10.1 Å². The molecule has 0 radical (unpaired) electrons. The Kier molecular flexibility index (Phi) is 5.49. The van der Waals surface area contributed by atoms with Crippen LogP contribution >= 0.6 is 0 Å². The minimum atomic E-state index is -0.863. The normalized spacial score (nSPS) is 16.4. The van der Waals surface area contributed by atoms with Gasteiger partial charge in [-0.1, -0.05) is 0 Å². The van der Waals surface area contributed by atoms with E-state index in [0.717, 1.165) is 12.8 Å². The summed E-state index contributed by atoms with van der Waals surface area (Å²) in [5, 5.41) is 2.83. The van der Waals surface area contributed by atoms with Crippen molar-refractivity contribution in [2.45, 2.75) is 45.3 Å². The highest BCUT2D eigenvalue weighted by Gasteiger charge is 2.47. The van der Waals surface area contributed by atoms with Crippen molar-refractivity contribution in [1.82, 2.24) is 0 Å². The minimum absolute atomic E-state index is 0.0829. The van der Waals surface area contributed by atoms with E-state index in [2.05, 4.69) is 5.32 Å². The van der Waals surface area contributed by atoms with Crippen LogP contribution in [0.1, 0.15) is 44.0 Å². The first-order chi connectivity index (χ1) is 11.3. The summed E-state index contributed by atoms with van der Waals surface area (Å²) in [4.78, 5) is 24.6. The lowest BCUT2D eigenvalue weighted by atomic mass is 9.99. The van der Waals surface area contributed by atoms with Gasteiger partial charge in [0.2, 0.25) is 0 Å². The Bertz CT molecular complexity index is 624. The van der Waals surface area contributed by atoms with Gasteiger partial charge in [0.1, 0.15) is 16.9 Å². The first-order valence-corrected chi connectivity index (χ1v) is 8.07. The highest BCUT2D eigenvalue weighted by atomic mass is 16.5. The second-order valence-electron chi connectivity index (χ2n) is 6.41. The van der Waals surface area contributed by atoms with Gasteiger partial charge in [0.05, 0.1) is 13.2 Å². The summed E-state index contributed by atoms with van der Waals surface area (Å²) in [6.07, 6.45) is 1.87. The molecule has 6 heteroatoms. The number of esters is 1. The van der Waals surface area contributed by atoms with Crippen molar-refractivity contribution >= 4 is 17.6 Å². The average molecular weight is 335 g/mol. The minimum Gasteiger partial charge on any atom is -0.490 e. The molecule has 1 aliphatic carbocycles. The molecule has 1 atom stereocenters. The van der Waals surface area contributed by atoms with E-state index < -0.39 is 11.6 Å². The zero-order valence-electron chi connectivity index (χ0n) is 14.8. The van der Waals surface area contributed by atoms with Gasteiger partial charge in [0.25, 0.3) is 5.91 Å². The highest BCUT2D eigenvalue weighted by molar-refractivity contribution is 5.99. The van der Waals surface area contributed by atoms with E-state index in [-0.39, 0.29) is 23.5 Å². The number of carbonyl (C=O) groups excluding carboxylic acids is 2. The van der Waals surface area contributed by atoms with Gasteiger partial charge < -0.3 is 19.5 Å². The molecule has 0 aromatic heterocycles. The van der Waals surface area contributed by atoms with Gasteiger partial charge >= 0.3 is 5.97 Å². The molecule has 0 heterocycles. The van der Waals surface area contributed by atoms with Crippen LogP contribution in [-0.2, 0) is 14.3 Å². The molecule has 0 bridgehead atoms. The van der Waals surface area contributed by atoms with E-state index in [0.29, 0.717) is 11.4 Å². The third-order valence-electron chi connectivity index (χ3n) is 4.24. The molecule has 1 aromatic rings. The monoisotopic (exact) mass is 335 g/mol. The maximum atomic E-state index is 12.6. The smallest absolute Gasteiger partial charge is 0.341 e. The third kappa shape index (κ3) is 3.87. The fraction of sp³-hybridized carbons (Fsp3) is 0.556. The molecule has 6 nitrogen and oxygen atoms in total. The molecular formula is C18H25NO5. The van der Waals surface area contributed by atoms with Crippen LogP contribution in [0.2, 0.25) is 0 Å². The van der Waals surface area contributed by atoms with Crippen molar-refractivity contribution < 1.29 is 23.8 Å². The predicted octanol–water partition coefficient (Wildman–Crippen LogP) is 3.01. The Labute approximate surface area is 142 Å². The van der Waals surface area contributed by atoms with Gasteiger partial charge in [-0.05, 0) is 57.7 Å². The largest absolute Gasteiger partial charge is 0.490 e. The summed E-state index contributed by atoms with van der Waals surface area (Å²) < 4.78 is 15.9. The Morgan fingerprint density at radius 3 is 2.42 bits per heavy atom. The summed E-state index contributed by atoms with van der Waals surface area (Å²) in [6, 6.07) is 4.92. The number of amides is 1. The maximum absolute atomic E-state index is 12.6. The summed E-state index contributed by atoms with van der Waals surface area (Å²) in [5.74, 6) is -0.0861. The fourth-order valence-corrected chi connectivity index (χ4v) is 2.57. The van der Waals surface area contributed by atoms with Crippen LogP contribution in [-0.4, -0.2) is 37.8 Å². The molecule has 1 saturated carbocycles. The van der Waals surface area contributed by atoms with E-state index >= 15 is 0 Å². The number of hydrogen-bond acceptors (Lipinski definition) is 5. The lowest BCUT2D eigenvalue weighted by molar-refractivity contribution is -0.138. The molecule has 1 aromatic carbocycles. The summed E-state index contributed by atoms with van der Waals surface area (Å²) in [6.45, 7) is 5.53. The molecule has 2 rings (SSSR count). The summed E-state index contributed by atoms with van der Waals surface area (Å²) >= 11 is 0. The van der Waals surface area contributed by atoms with Gasteiger partial charge in [-0.25, -0.2) is 4.79 Å². The van der Waals surface area contributed by atoms with Gasteiger partial charge in [0.15, 0.2) is 0 Å². The van der Waals surface area contributed by atoms with Gasteiger partial charge in [-0.15, -0.1) is 0 Å². The van der Waals surface area contributed by atoms with Crippen LogP contribution in [0.4, 0.5) is 5.69 Å². The van der Waals surface area contributed by atoms with E-state index in [1.54, 1.807) is 25.1 Å². The quantitative estimate of drug-likeness (QED) is 0.775. The summed E-state index contributed by atoms with van der Waals surface area (Å²) in [7, 11) is 2.85. The molecule has 0 aliphatic heterocycles. The van der Waals surface area contributed by atoms with Gasteiger partial charge in [-0.2, -0.15) is 0 Å². The fourth-order valence-electron chi connectivity index (χ4n) is 2.57. The second-order valence-corrected chi connectivity index (χ2v) is 6.41. The van der Waals surface area contributed by atoms with Crippen LogP contribution in [0.25, 0.3) is 0 Å². The number of ether oxygens (including phenoxy) is 3. The third-order valence-corrected chi connectivity index (χ3v) is 4.24. The SMILES string of the molecule is COC(=O)c1cc(NC(=O)[C@@](C)(OC)C2CC2)ccc1OC(C)C. The molecule has 1 fully saturated rings. The van der Waals surface area contributed by atoms with Crippen LogP contribution in [0.5, 0.6) is 5.75 Å². The average Bonchev–Trinajstić information content (AvgIpc) is 3.39. The molecule has 0 spiro atoms. The van der Waals surface area contributed by atoms with Crippen molar-refractivity contribution in [3.05, 3.63) is 23.8 Å². The Hall–Kier alpha value is -2.08. The first-order valence-electron chi connectivity index (χ1n) is 8.07. The number of hydrogen-bond donors (Lipinski definition) is 1. The standard InChI is InChI=1S/C18H25NO5/c1-11(2)24-15-9-8-13(10-14(15)16(20)22-4)19-17(21)18(3,23-5)12-6-7-12/h8-12H,6-7H2,1-5H3,(H,19,21)/t18-/m0/s1. The van der Waals surface area contributed by atoms with E-state index in [9.17, 15) is 9.59 Å². The molecular weight excluding hydrogens is 310 g/mol. The molecule has 24 heavy (non-hydrogen) atoms. The van der Waals surface area contributed by atoms with Crippen molar-refractivity contribution in [3.63, 3.8) is 0 Å². The zero-order valence-corrected chi connectivity index (χ0v) is 14.8. The van der Waals surface area contributed by atoms with Crippen LogP contribution in [0, 0.1) is 5.92 Å². The van der Waals surface area contributed by atoms with Crippen LogP contribution in [0.15, 0.2) is 18.2 Å². The Morgan fingerprint density at radius 1 is 1.25 bits per heavy atom. The number of methoxy groups -OCH3 is 2. The molecule has 1 aliphatic rings. The Morgan fingerprint density at radius 2 is 1.92 bits per heavy atom. The lowest BCUT2D eigenvalue weighted by Crippen LogP contribution is -2.44. The number of nitrogens with one attached hydrogen (secondary N) is 1. The summed E-state index contributed by atoms with van der Waals surface area (Å²) in [5.41, 5.74) is -0.0894. The van der Waals surface area contributed by atoms with Crippen molar-refractivity contribution in [1.29, 1.82) is 0 Å². The maximum Gasteiger partial charge on any atom is 0.341 e. The van der Waals surface area contributed by atoms with E-state index in [1.165, 1.54) is 14.2 Å². The molecule has 1 N–H and O–H groups in total. The predicted molar refractivity (Wildman–Crippen MR) is 90.3 cm³/mol.